The van der Waals surface area contributed by atoms with Gasteiger partial charge in [0, 0.05) is 11.5 Å². The van der Waals surface area contributed by atoms with Crippen LogP contribution in [0, 0.1) is 13.8 Å². The Morgan fingerprint density at radius 2 is 2.21 bits per heavy atom. The summed E-state index contributed by atoms with van der Waals surface area (Å²) in [6, 6.07) is 5.50. The van der Waals surface area contributed by atoms with Crippen molar-refractivity contribution in [3.8, 4) is 0 Å². The van der Waals surface area contributed by atoms with Crippen LogP contribution in [0.25, 0.3) is 6.08 Å². The summed E-state index contributed by atoms with van der Waals surface area (Å²) in [6.45, 7) is 3.87. The van der Waals surface area contributed by atoms with Crippen molar-refractivity contribution in [2.45, 2.75) is 13.8 Å². The number of halogens is 1. The summed E-state index contributed by atoms with van der Waals surface area (Å²) in [6.07, 6.45) is 3.13. The van der Waals surface area contributed by atoms with E-state index in [-0.39, 0.29) is 5.91 Å². The highest BCUT2D eigenvalue weighted by molar-refractivity contribution is 7.09. The molecule has 0 bridgehead atoms. The molecule has 1 heterocycles. The summed E-state index contributed by atoms with van der Waals surface area (Å²) in [5, 5.41) is 6.14. The fourth-order valence-electron chi connectivity index (χ4n) is 1.51. The van der Waals surface area contributed by atoms with E-state index < -0.39 is 0 Å². The van der Waals surface area contributed by atoms with Crippen molar-refractivity contribution < 1.29 is 4.79 Å². The van der Waals surface area contributed by atoms with Crippen molar-refractivity contribution >= 4 is 40.6 Å². The summed E-state index contributed by atoms with van der Waals surface area (Å²) in [7, 11) is 0. The molecule has 2 aromatic rings. The number of anilines is 1. The molecule has 0 spiro atoms. The molecule has 98 valence electrons. The summed E-state index contributed by atoms with van der Waals surface area (Å²) in [4.78, 5) is 16.0. The van der Waals surface area contributed by atoms with Crippen molar-refractivity contribution in [3.63, 3.8) is 0 Å². The first kappa shape index (κ1) is 13.8. The van der Waals surface area contributed by atoms with Crippen LogP contribution < -0.4 is 5.32 Å². The third-order valence-electron chi connectivity index (χ3n) is 2.42. The van der Waals surface area contributed by atoms with Crippen molar-refractivity contribution in [1.82, 2.24) is 4.98 Å². The van der Waals surface area contributed by atoms with Crippen molar-refractivity contribution in [2.24, 2.45) is 0 Å². The van der Waals surface area contributed by atoms with Crippen LogP contribution in [0.2, 0.25) is 5.02 Å². The number of carbonyl (C=O) groups excluding carboxylic acids is 1. The number of aromatic nitrogens is 1. The monoisotopic (exact) mass is 292 g/mol. The maximum atomic E-state index is 11.7. The number of hydrogen-bond donors (Lipinski definition) is 1. The van der Waals surface area contributed by atoms with E-state index in [0.29, 0.717) is 10.7 Å². The third kappa shape index (κ3) is 3.91. The average Bonchev–Trinajstić information content (AvgIpc) is 2.76. The first-order chi connectivity index (χ1) is 9.04. The quantitative estimate of drug-likeness (QED) is 0.867. The normalized spacial score (nSPS) is 10.9. The minimum Gasteiger partial charge on any atom is -0.321 e. The van der Waals surface area contributed by atoms with Crippen molar-refractivity contribution in [1.29, 1.82) is 0 Å². The van der Waals surface area contributed by atoms with Gasteiger partial charge < -0.3 is 5.32 Å². The van der Waals surface area contributed by atoms with Crippen LogP contribution in [0.4, 0.5) is 5.69 Å². The van der Waals surface area contributed by atoms with Gasteiger partial charge in [-0.15, -0.1) is 11.3 Å². The molecule has 0 atom stereocenters. The van der Waals surface area contributed by atoms with Gasteiger partial charge in [-0.25, -0.2) is 4.98 Å². The molecule has 1 aromatic heterocycles. The number of carbonyl (C=O) groups is 1. The maximum absolute atomic E-state index is 11.7. The lowest BCUT2D eigenvalue weighted by atomic mass is 10.2. The zero-order chi connectivity index (χ0) is 13.8. The van der Waals surface area contributed by atoms with Crippen LogP contribution >= 0.6 is 22.9 Å². The summed E-state index contributed by atoms with van der Waals surface area (Å²) in [5.41, 5.74) is 2.44. The molecule has 0 radical (unpaired) electrons. The number of nitrogens with one attached hydrogen (secondary N) is 1. The first-order valence-electron chi connectivity index (χ1n) is 5.72. The molecule has 0 aliphatic rings. The highest BCUT2D eigenvalue weighted by Gasteiger charge is 2.03. The molecule has 0 aliphatic carbocycles. The lowest BCUT2D eigenvalue weighted by molar-refractivity contribution is -0.111. The number of aryl methyl sites for hydroxylation is 2. The second-order valence-electron chi connectivity index (χ2n) is 4.10. The van der Waals surface area contributed by atoms with Gasteiger partial charge in [0.15, 0.2) is 0 Å². The van der Waals surface area contributed by atoms with Crippen LogP contribution in [-0.2, 0) is 4.79 Å². The minimum atomic E-state index is -0.226. The van der Waals surface area contributed by atoms with E-state index in [0.717, 1.165) is 16.3 Å². The SMILES string of the molecule is Cc1ccc(NC(=O)/C=C/c2csc(C)n2)c(Cl)c1. The summed E-state index contributed by atoms with van der Waals surface area (Å²) < 4.78 is 0. The van der Waals surface area contributed by atoms with Crippen molar-refractivity contribution in [3.05, 3.63) is 50.9 Å². The Hall–Kier alpha value is -1.65. The molecule has 1 N–H and O–H groups in total. The molecule has 0 saturated heterocycles. The molecule has 0 unspecified atom stereocenters. The molecule has 0 saturated carbocycles. The number of amides is 1. The van der Waals surface area contributed by atoms with Gasteiger partial charge in [-0.1, -0.05) is 17.7 Å². The Labute approximate surface area is 120 Å². The van der Waals surface area contributed by atoms with Crippen molar-refractivity contribution in [2.75, 3.05) is 5.32 Å². The van der Waals surface area contributed by atoms with E-state index >= 15 is 0 Å². The largest absolute Gasteiger partial charge is 0.321 e. The van der Waals surface area contributed by atoms with Gasteiger partial charge in [-0.3, -0.25) is 4.79 Å². The highest BCUT2D eigenvalue weighted by Crippen LogP contribution is 2.22. The summed E-state index contributed by atoms with van der Waals surface area (Å²) in [5.74, 6) is -0.226. The number of thiazole rings is 1. The smallest absolute Gasteiger partial charge is 0.248 e. The lowest BCUT2D eigenvalue weighted by Crippen LogP contribution is -2.08. The minimum absolute atomic E-state index is 0.226. The van der Waals surface area contributed by atoms with Gasteiger partial charge in [0.25, 0.3) is 0 Å². The number of benzene rings is 1. The predicted octanol–water partition coefficient (Wildman–Crippen LogP) is 4.07. The fraction of sp³-hybridized carbons (Fsp3) is 0.143. The van der Waals surface area contributed by atoms with Crippen LogP contribution in [-0.4, -0.2) is 10.9 Å². The number of rotatable bonds is 3. The second-order valence-corrected chi connectivity index (χ2v) is 5.57. The molecular formula is C14H13ClN2OS. The highest BCUT2D eigenvalue weighted by atomic mass is 35.5. The molecule has 0 fully saturated rings. The molecule has 5 heteroatoms. The molecule has 1 amide bonds. The Kier molecular flexibility index (Phi) is 4.35. The van der Waals surface area contributed by atoms with Gasteiger partial charge in [-0.05, 0) is 37.6 Å². The van der Waals surface area contributed by atoms with Crippen LogP contribution in [0.1, 0.15) is 16.3 Å². The van der Waals surface area contributed by atoms with Crippen LogP contribution in [0.5, 0.6) is 0 Å². The molecule has 3 nitrogen and oxygen atoms in total. The van der Waals surface area contributed by atoms with E-state index in [2.05, 4.69) is 10.3 Å². The van der Waals surface area contributed by atoms with E-state index in [1.54, 1.807) is 23.5 Å². The molecule has 19 heavy (non-hydrogen) atoms. The van der Waals surface area contributed by atoms with Gasteiger partial charge in [0.2, 0.25) is 5.91 Å². The Morgan fingerprint density at radius 3 is 2.84 bits per heavy atom. The zero-order valence-electron chi connectivity index (χ0n) is 10.6. The van der Waals surface area contributed by atoms with E-state index in [1.165, 1.54) is 6.08 Å². The Balaban J connectivity index is 2.03. The third-order valence-corrected chi connectivity index (χ3v) is 3.53. The van der Waals surface area contributed by atoms with Gasteiger partial charge in [0.05, 0.1) is 21.4 Å². The Morgan fingerprint density at radius 1 is 1.42 bits per heavy atom. The molecule has 1 aromatic carbocycles. The fourth-order valence-corrected chi connectivity index (χ4v) is 2.38. The number of hydrogen-bond acceptors (Lipinski definition) is 3. The molecule has 0 aliphatic heterocycles. The number of nitrogens with zero attached hydrogens (tertiary/aromatic N) is 1. The Bertz CT molecular complexity index is 634. The van der Waals surface area contributed by atoms with Crippen LogP contribution in [0.3, 0.4) is 0 Å². The lowest BCUT2D eigenvalue weighted by Gasteiger charge is -2.05. The van der Waals surface area contributed by atoms with E-state index in [4.69, 9.17) is 11.6 Å². The second kappa shape index (κ2) is 5.99. The van der Waals surface area contributed by atoms with E-state index in [1.807, 2.05) is 31.4 Å². The topological polar surface area (TPSA) is 42.0 Å². The van der Waals surface area contributed by atoms with Crippen LogP contribution in [0.15, 0.2) is 29.7 Å². The first-order valence-corrected chi connectivity index (χ1v) is 6.98. The summed E-state index contributed by atoms with van der Waals surface area (Å²) >= 11 is 7.59. The predicted molar refractivity (Wildman–Crippen MR) is 80.7 cm³/mol. The molecular weight excluding hydrogens is 280 g/mol. The van der Waals surface area contributed by atoms with Gasteiger partial charge >= 0.3 is 0 Å². The van der Waals surface area contributed by atoms with Gasteiger partial charge in [-0.2, -0.15) is 0 Å². The molecule has 2 rings (SSSR count). The van der Waals surface area contributed by atoms with E-state index in [9.17, 15) is 4.79 Å². The zero-order valence-corrected chi connectivity index (χ0v) is 12.2. The average molecular weight is 293 g/mol. The maximum Gasteiger partial charge on any atom is 0.248 e. The standard InChI is InChI=1S/C14H13ClN2OS/c1-9-3-5-13(12(15)7-9)17-14(18)6-4-11-8-19-10(2)16-11/h3-8H,1-2H3,(H,17,18)/b6-4+. The van der Waals surface area contributed by atoms with Gasteiger partial charge in [0.1, 0.15) is 0 Å².